The van der Waals surface area contributed by atoms with E-state index in [9.17, 15) is 4.39 Å². The summed E-state index contributed by atoms with van der Waals surface area (Å²) in [4.78, 5) is 2.18. The lowest BCUT2D eigenvalue weighted by Crippen LogP contribution is -2.47. The maximum absolute atomic E-state index is 13.7. The van der Waals surface area contributed by atoms with Gasteiger partial charge in [0.2, 0.25) is 0 Å². The largest absolute Gasteiger partial charge is 0.377 e. The first-order valence-electron chi connectivity index (χ1n) is 6.37. The third-order valence-electron chi connectivity index (χ3n) is 3.79. The van der Waals surface area contributed by atoms with Crippen LogP contribution in [0.3, 0.4) is 0 Å². The second kappa shape index (κ2) is 5.24. The van der Waals surface area contributed by atoms with Crippen LogP contribution in [0.5, 0.6) is 0 Å². The topological polar surface area (TPSA) is 38.5 Å². The molecule has 0 spiro atoms. The zero-order valence-electron chi connectivity index (χ0n) is 11.1. The Morgan fingerprint density at radius 2 is 2.28 bits per heavy atom. The summed E-state index contributed by atoms with van der Waals surface area (Å²) in [6.07, 6.45) is 2.08. The van der Waals surface area contributed by atoms with Crippen LogP contribution in [0, 0.1) is 5.82 Å². The number of anilines is 1. The lowest BCUT2D eigenvalue weighted by atomic mass is 9.93. The van der Waals surface area contributed by atoms with E-state index in [0.29, 0.717) is 5.56 Å². The normalized spacial score (nSPS) is 24.3. The van der Waals surface area contributed by atoms with Gasteiger partial charge in [0.05, 0.1) is 5.60 Å². The van der Waals surface area contributed by atoms with Gasteiger partial charge < -0.3 is 15.4 Å². The van der Waals surface area contributed by atoms with E-state index in [2.05, 4.69) is 11.8 Å². The highest BCUT2D eigenvalue weighted by molar-refractivity contribution is 5.55. The average Bonchev–Trinajstić information content (AvgIpc) is 2.38. The summed E-state index contributed by atoms with van der Waals surface area (Å²) in [6, 6.07) is 5.14. The number of halogens is 1. The van der Waals surface area contributed by atoms with Crippen molar-refractivity contribution in [1.29, 1.82) is 0 Å². The molecule has 1 aliphatic rings. The number of nitrogens with zero attached hydrogens (tertiary/aromatic N) is 1. The van der Waals surface area contributed by atoms with Gasteiger partial charge in [-0.2, -0.15) is 0 Å². The highest BCUT2D eigenvalue weighted by atomic mass is 19.1. The average molecular weight is 252 g/mol. The van der Waals surface area contributed by atoms with E-state index in [0.717, 1.165) is 31.6 Å². The van der Waals surface area contributed by atoms with Gasteiger partial charge in [0.25, 0.3) is 0 Å². The fourth-order valence-corrected chi connectivity index (χ4v) is 2.62. The van der Waals surface area contributed by atoms with Crippen LogP contribution in [0.1, 0.15) is 25.3 Å². The molecule has 18 heavy (non-hydrogen) atoms. The molecule has 3 nitrogen and oxygen atoms in total. The zero-order chi connectivity index (χ0) is 13.2. The molecular weight excluding hydrogens is 231 g/mol. The minimum absolute atomic E-state index is 0.156. The Kier molecular flexibility index (Phi) is 3.88. The summed E-state index contributed by atoms with van der Waals surface area (Å²) < 4.78 is 19.3. The third kappa shape index (κ3) is 2.49. The number of hydrogen-bond donors (Lipinski definition) is 1. The predicted octanol–water partition coefficient (Wildman–Crippen LogP) is 2.29. The number of benzene rings is 1. The fourth-order valence-electron chi connectivity index (χ4n) is 2.62. The molecule has 1 atom stereocenters. The summed E-state index contributed by atoms with van der Waals surface area (Å²) in [5, 5.41) is 0. The third-order valence-corrected chi connectivity index (χ3v) is 3.79. The lowest BCUT2D eigenvalue weighted by molar-refractivity contribution is -0.00469. The minimum atomic E-state index is -0.223. The van der Waals surface area contributed by atoms with Gasteiger partial charge >= 0.3 is 0 Å². The van der Waals surface area contributed by atoms with Crippen LogP contribution in [0.2, 0.25) is 0 Å². The SMILES string of the molecule is COC1(C)CCCN(c2cccc(F)c2CN)C1. The van der Waals surface area contributed by atoms with Gasteiger partial charge in [-0.25, -0.2) is 4.39 Å². The first kappa shape index (κ1) is 13.3. The minimum Gasteiger partial charge on any atom is -0.377 e. The molecule has 1 aliphatic heterocycles. The van der Waals surface area contributed by atoms with Crippen molar-refractivity contribution in [1.82, 2.24) is 0 Å². The summed E-state index contributed by atoms with van der Waals surface area (Å²) in [7, 11) is 1.74. The Morgan fingerprint density at radius 1 is 1.50 bits per heavy atom. The molecule has 1 aromatic rings. The molecule has 100 valence electrons. The molecule has 0 bridgehead atoms. The van der Waals surface area contributed by atoms with Crippen LogP contribution in [-0.4, -0.2) is 25.8 Å². The maximum Gasteiger partial charge on any atom is 0.129 e. The highest BCUT2D eigenvalue weighted by Gasteiger charge is 2.31. The summed E-state index contributed by atoms with van der Waals surface area (Å²) in [5.74, 6) is -0.223. The van der Waals surface area contributed by atoms with Crippen LogP contribution in [0.25, 0.3) is 0 Å². The molecule has 2 N–H and O–H groups in total. The molecule has 2 rings (SSSR count). The van der Waals surface area contributed by atoms with Crippen LogP contribution in [0.4, 0.5) is 10.1 Å². The van der Waals surface area contributed by atoms with Crippen LogP contribution < -0.4 is 10.6 Å². The Labute approximate surface area is 108 Å². The first-order valence-corrected chi connectivity index (χ1v) is 6.37. The molecule has 1 fully saturated rings. The van der Waals surface area contributed by atoms with E-state index in [1.807, 2.05) is 6.07 Å². The smallest absolute Gasteiger partial charge is 0.129 e. The molecule has 0 aliphatic carbocycles. The quantitative estimate of drug-likeness (QED) is 0.897. The number of piperidine rings is 1. The monoisotopic (exact) mass is 252 g/mol. The van der Waals surface area contributed by atoms with Crippen LogP contribution in [-0.2, 0) is 11.3 Å². The van der Waals surface area contributed by atoms with E-state index in [1.165, 1.54) is 6.07 Å². The zero-order valence-corrected chi connectivity index (χ0v) is 11.1. The van der Waals surface area contributed by atoms with Crippen molar-refractivity contribution in [3.05, 3.63) is 29.6 Å². The van der Waals surface area contributed by atoms with Gasteiger partial charge in [-0.15, -0.1) is 0 Å². The van der Waals surface area contributed by atoms with Gasteiger partial charge in [-0.1, -0.05) is 6.07 Å². The molecule has 0 aromatic heterocycles. The van der Waals surface area contributed by atoms with Crippen molar-refractivity contribution < 1.29 is 9.13 Å². The van der Waals surface area contributed by atoms with E-state index in [1.54, 1.807) is 13.2 Å². The first-order chi connectivity index (χ1) is 8.59. The van der Waals surface area contributed by atoms with Crippen molar-refractivity contribution in [3.63, 3.8) is 0 Å². The summed E-state index contributed by atoms with van der Waals surface area (Å²) in [6.45, 7) is 4.03. The Hall–Kier alpha value is -1.13. The Bertz CT molecular complexity index is 424. The number of methoxy groups -OCH3 is 1. The summed E-state index contributed by atoms with van der Waals surface area (Å²) in [5.41, 5.74) is 7.00. The van der Waals surface area contributed by atoms with Crippen molar-refractivity contribution in [3.8, 4) is 0 Å². The van der Waals surface area contributed by atoms with E-state index < -0.39 is 0 Å². The predicted molar refractivity (Wildman–Crippen MR) is 71.2 cm³/mol. The van der Waals surface area contributed by atoms with E-state index in [-0.39, 0.29) is 18.0 Å². The summed E-state index contributed by atoms with van der Waals surface area (Å²) >= 11 is 0. The maximum atomic E-state index is 13.7. The van der Waals surface area contributed by atoms with Crippen molar-refractivity contribution in [2.45, 2.75) is 31.9 Å². The van der Waals surface area contributed by atoms with Gasteiger partial charge in [0.15, 0.2) is 0 Å². The molecule has 1 aromatic carbocycles. The van der Waals surface area contributed by atoms with Crippen LogP contribution >= 0.6 is 0 Å². The van der Waals surface area contributed by atoms with Gasteiger partial charge in [-0.3, -0.25) is 0 Å². The number of hydrogen-bond acceptors (Lipinski definition) is 3. The molecule has 0 amide bonds. The molecule has 1 unspecified atom stereocenters. The van der Waals surface area contributed by atoms with E-state index >= 15 is 0 Å². The highest BCUT2D eigenvalue weighted by Crippen LogP contribution is 2.30. The van der Waals surface area contributed by atoms with Crippen LogP contribution in [0.15, 0.2) is 18.2 Å². The van der Waals surface area contributed by atoms with Crippen molar-refractivity contribution in [2.75, 3.05) is 25.1 Å². The standard InChI is InChI=1S/C14H21FN2O/c1-14(18-2)7-4-8-17(10-14)13-6-3-5-12(15)11(13)9-16/h3,5-6H,4,7-10,16H2,1-2H3. The van der Waals surface area contributed by atoms with Gasteiger partial charge in [0, 0.05) is 38.0 Å². The fraction of sp³-hybridized carbons (Fsp3) is 0.571. The number of rotatable bonds is 3. The number of ether oxygens (including phenoxy) is 1. The molecule has 1 heterocycles. The lowest BCUT2D eigenvalue weighted by Gasteiger charge is -2.41. The molecular formula is C14H21FN2O. The second-order valence-electron chi connectivity index (χ2n) is 5.12. The Morgan fingerprint density at radius 3 is 2.94 bits per heavy atom. The van der Waals surface area contributed by atoms with Crippen molar-refractivity contribution in [2.24, 2.45) is 5.73 Å². The molecule has 4 heteroatoms. The second-order valence-corrected chi connectivity index (χ2v) is 5.12. The Balaban J connectivity index is 2.29. The van der Waals surface area contributed by atoms with E-state index in [4.69, 9.17) is 10.5 Å². The van der Waals surface area contributed by atoms with Gasteiger partial charge in [0.1, 0.15) is 5.82 Å². The molecule has 0 radical (unpaired) electrons. The molecule has 0 saturated carbocycles. The number of nitrogens with two attached hydrogens (primary N) is 1. The molecule has 1 saturated heterocycles. The van der Waals surface area contributed by atoms with Crippen molar-refractivity contribution >= 4 is 5.69 Å². The van der Waals surface area contributed by atoms with Gasteiger partial charge in [-0.05, 0) is 31.9 Å².